The monoisotopic (exact) mass is 258 g/mol. The van der Waals surface area contributed by atoms with Crippen LogP contribution in [0.1, 0.15) is 42.7 Å². The Hall–Kier alpha value is -0.860. The first-order valence-electron chi connectivity index (χ1n) is 7.80. The molecule has 1 aliphatic heterocycles. The molecule has 1 saturated carbocycles. The van der Waals surface area contributed by atoms with Crippen LogP contribution in [0.5, 0.6) is 0 Å². The van der Waals surface area contributed by atoms with Crippen LogP contribution in [0.25, 0.3) is 0 Å². The van der Waals surface area contributed by atoms with E-state index in [-0.39, 0.29) is 0 Å². The quantitative estimate of drug-likeness (QED) is 0.873. The highest BCUT2D eigenvalue weighted by atomic mass is 15.1. The first-order valence-corrected chi connectivity index (χ1v) is 7.80. The molecule has 0 spiro atoms. The number of benzene rings is 1. The number of likely N-dealkylation sites (tertiary alicyclic amines) is 1. The van der Waals surface area contributed by atoms with Crippen molar-refractivity contribution in [3.63, 3.8) is 0 Å². The lowest BCUT2D eigenvalue weighted by molar-refractivity contribution is 0.216. The van der Waals surface area contributed by atoms with Crippen LogP contribution in [-0.4, -0.2) is 31.6 Å². The fourth-order valence-corrected chi connectivity index (χ4v) is 3.16. The van der Waals surface area contributed by atoms with Crippen LogP contribution < -0.4 is 5.32 Å². The van der Waals surface area contributed by atoms with Crippen LogP contribution in [0.15, 0.2) is 24.3 Å². The minimum Gasteiger partial charge on any atom is -0.312 e. The van der Waals surface area contributed by atoms with Crippen molar-refractivity contribution in [3.8, 4) is 0 Å². The van der Waals surface area contributed by atoms with Gasteiger partial charge in [0.1, 0.15) is 0 Å². The Morgan fingerprint density at radius 1 is 1.11 bits per heavy atom. The van der Waals surface area contributed by atoms with Crippen molar-refractivity contribution < 1.29 is 0 Å². The van der Waals surface area contributed by atoms with Gasteiger partial charge in [-0.2, -0.15) is 0 Å². The molecule has 1 aromatic carbocycles. The van der Waals surface area contributed by atoms with E-state index < -0.39 is 0 Å². The van der Waals surface area contributed by atoms with Crippen molar-refractivity contribution >= 4 is 0 Å². The van der Waals surface area contributed by atoms with Gasteiger partial charge in [0.25, 0.3) is 0 Å². The van der Waals surface area contributed by atoms with Crippen LogP contribution in [0.4, 0.5) is 0 Å². The summed E-state index contributed by atoms with van der Waals surface area (Å²) in [7, 11) is 2.23. The first-order chi connectivity index (χ1) is 9.33. The summed E-state index contributed by atoms with van der Waals surface area (Å²) in [5.41, 5.74) is 3.12. The molecule has 1 saturated heterocycles. The summed E-state index contributed by atoms with van der Waals surface area (Å²) in [6, 6.07) is 8.99. The molecular weight excluding hydrogens is 232 g/mol. The van der Waals surface area contributed by atoms with Gasteiger partial charge in [-0.1, -0.05) is 24.3 Å². The van der Waals surface area contributed by atoms with Crippen molar-refractivity contribution in [1.82, 2.24) is 10.2 Å². The van der Waals surface area contributed by atoms with Gasteiger partial charge in [0.2, 0.25) is 0 Å². The Morgan fingerprint density at radius 3 is 2.58 bits per heavy atom. The van der Waals surface area contributed by atoms with Gasteiger partial charge in [-0.25, -0.2) is 0 Å². The van der Waals surface area contributed by atoms with Crippen molar-refractivity contribution in [2.24, 2.45) is 5.92 Å². The predicted molar refractivity (Wildman–Crippen MR) is 80.3 cm³/mol. The summed E-state index contributed by atoms with van der Waals surface area (Å²) in [6.07, 6.45) is 5.50. The second kappa shape index (κ2) is 6.06. The van der Waals surface area contributed by atoms with E-state index >= 15 is 0 Å². The lowest BCUT2D eigenvalue weighted by Gasteiger charge is -2.29. The van der Waals surface area contributed by atoms with Crippen LogP contribution in [-0.2, 0) is 6.54 Å². The van der Waals surface area contributed by atoms with Crippen molar-refractivity contribution in [2.45, 2.75) is 38.1 Å². The summed E-state index contributed by atoms with van der Waals surface area (Å²) < 4.78 is 0. The number of hydrogen-bond acceptors (Lipinski definition) is 2. The lowest BCUT2D eigenvalue weighted by Crippen LogP contribution is -2.34. The highest BCUT2D eigenvalue weighted by molar-refractivity contribution is 5.33. The number of nitrogens with zero attached hydrogens (tertiary/aromatic N) is 1. The molecule has 1 N–H and O–H groups in total. The normalized spacial score (nSPS) is 21.7. The Kier molecular flexibility index (Phi) is 4.19. The molecule has 1 heterocycles. The molecule has 0 radical (unpaired) electrons. The van der Waals surface area contributed by atoms with Crippen molar-refractivity contribution in [3.05, 3.63) is 35.4 Å². The van der Waals surface area contributed by atoms with E-state index in [2.05, 4.69) is 41.5 Å². The zero-order valence-corrected chi connectivity index (χ0v) is 12.1. The zero-order chi connectivity index (χ0) is 13.1. The molecule has 1 aromatic rings. The number of piperidine rings is 1. The molecule has 1 aliphatic carbocycles. The number of rotatable bonds is 5. The molecule has 3 rings (SSSR count). The zero-order valence-electron chi connectivity index (χ0n) is 12.1. The second-order valence-electron chi connectivity index (χ2n) is 6.35. The maximum atomic E-state index is 3.69. The van der Waals surface area contributed by atoms with E-state index in [1.54, 1.807) is 5.56 Å². The van der Waals surface area contributed by atoms with Gasteiger partial charge >= 0.3 is 0 Å². The Balaban J connectivity index is 1.47. The van der Waals surface area contributed by atoms with E-state index in [1.807, 2.05) is 0 Å². The lowest BCUT2D eigenvalue weighted by atomic mass is 9.97. The summed E-state index contributed by atoms with van der Waals surface area (Å²) >= 11 is 0. The third-order valence-electron chi connectivity index (χ3n) is 4.66. The Bertz CT molecular complexity index is 403. The molecule has 0 bridgehead atoms. The van der Waals surface area contributed by atoms with Crippen molar-refractivity contribution in [1.29, 1.82) is 0 Å². The highest BCUT2D eigenvalue weighted by Crippen LogP contribution is 2.41. The maximum absolute atomic E-state index is 3.69. The van der Waals surface area contributed by atoms with Crippen LogP contribution in [0.2, 0.25) is 0 Å². The van der Waals surface area contributed by atoms with Crippen molar-refractivity contribution in [2.75, 3.05) is 26.7 Å². The van der Waals surface area contributed by atoms with Crippen LogP contribution >= 0.6 is 0 Å². The minimum atomic E-state index is 0.862. The van der Waals surface area contributed by atoms with Gasteiger partial charge < -0.3 is 10.2 Å². The molecule has 19 heavy (non-hydrogen) atoms. The summed E-state index contributed by atoms with van der Waals surface area (Å²) in [5, 5.41) is 3.69. The maximum Gasteiger partial charge on any atom is 0.0208 e. The van der Waals surface area contributed by atoms with Gasteiger partial charge in [-0.05, 0) is 75.3 Å². The molecule has 2 nitrogen and oxygen atoms in total. The molecular formula is C17H26N2. The average Bonchev–Trinajstić information content (AvgIpc) is 3.26. The SMILES string of the molecule is CN1CCC(CNCc2ccccc2C2CC2)CC1. The summed E-state index contributed by atoms with van der Waals surface area (Å²) in [6.45, 7) is 4.78. The number of hydrogen-bond donors (Lipinski definition) is 1. The number of nitrogens with one attached hydrogen (secondary N) is 1. The fourth-order valence-electron chi connectivity index (χ4n) is 3.16. The van der Waals surface area contributed by atoms with Crippen LogP contribution in [0.3, 0.4) is 0 Å². The molecule has 2 aliphatic rings. The third kappa shape index (κ3) is 3.58. The van der Waals surface area contributed by atoms with E-state index in [0.717, 1.165) is 18.4 Å². The minimum absolute atomic E-state index is 0.862. The molecule has 104 valence electrons. The van der Waals surface area contributed by atoms with Gasteiger partial charge in [0, 0.05) is 6.54 Å². The molecule has 0 amide bonds. The van der Waals surface area contributed by atoms with Gasteiger partial charge in [-0.15, -0.1) is 0 Å². The van der Waals surface area contributed by atoms with Gasteiger partial charge in [0.05, 0.1) is 0 Å². The first kappa shape index (κ1) is 13.1. The van der Waals surface area contributed by atoms with Crippen LogP contribution in [0, 0.1) is 5.92 Å². The highest BCUT2D eigenvalue weighted by Gasteiger charge is 2.25. The predicted octanol–water partition coefficient (Wildman–Crippen LogP) is 3.00. The molecule has 0 atom stereocenters. The summed E-state index contributed by atoms with van der Waals surface area (Å²) in [4.78, 5) is 2.44. The van der Waals surface area contributed by atoms with E-state index in [4.69, 9.17) is 0 Å². The standard InChI is InChI=1S/C17H26N2/c1-19-10-8-14(9-11-19)12-18-13-16-4-2-3-5-17(16)15-6-7-15/h2-5,14-15,18H,6-13H2,1H3. The molecule has 2 heteroatoms. The Labute approximate surface area is 117 Å². The molecule has 0 aromatic heterocycles. The van der Waals surface area contributed by atoms with Gasteiger partial charge in [-0.3, -0.25) is 0 Å². The second-order valence-corrected chi connectivity index (χ2v) is 6.35. The fraction of sp³-hybridized carbons (Fsp3) is 0.647. The smallest absolute Gasteiger partial charge is 0.0208 e. The van der Waals surface area contributed by atoms with E-state index in [1.165, 1.54) is 50.9 Å². The molecule has 0 unspecified atom stereocenters. The Morgan fingerprint density at radius 2 is 1.84 bits per heavy atom. The van der Waals surface area contributed by atoms with Gasteiger partial charge in [0.15, 0.2) is 0 Å². The molecule has 2 fully saturated rings. The largest absolute Gasteiger partial charge is 0.312 e. The summed E-state index contributed by atoms with van der Waals surface area (Å²) in [5.74, 6) is 1.74. The topological polar surface area (TPSA) is 15.3 Å². The van der Waals surface area contributed by atoms with E-state index in [0.29, 0.717) is 0 Å². The third-order valence-corrected chi connectivity index (χ3v) is 4.66. The van der Waals surface area contributed by atoms with E-state index in [9.17, 15) is 0 Å². The average molecular weight is 258 g/mol.